The van der Waals surface area contributed by atoms with Gasteiger partial charge >= 0.3 is 5.97 Å². The van der Waals surface area contributed by atoms with E-state index in [1.165, 1.54) is 12.1 Å². The first-order valence-corrected chi connectivity index (χ1v) is 10.3. The van der Waals surface area contributed by atoms with E-state index in [1.54, 1.807) is 41.2 Å². The molecule has 0 fully saturated rings. The molecule has 0 unspecified atom stereocenters. The highest BCUT2D eigenvalue weighted by Gasteiger charge is 2.21. The number of carboxylic acids is 1. The number of rotatable bonds is 5. The van der Waals surface area contributed by atoms with Gasteiger partial charge in [-0.05, 0) is 55.0 Å². The molecule has 0 bridgehead atoms. The van der Waals surface area contributed by atoms with Crippen molar-refractivity contribution in [1.29, 1.82) is 0 Å². The minimum atomic E-state index is -1.05. The van der Waals surface area contributed by atoms with Gasteiger partial charge in [-0.3, -0.25) is 4.98 Å². The Morgan fingerprint density at radius 3 is 2.55 bits per heavy atom. The van der Waals surface area contributed by atoms with Crippen LogP contribution in [0.15, 0.2) is 85.1 Å². The summed E-state index contributed by atoms with van der Waals surface area (Å²) in [5, 5.41) is 18.3. The van der Waals surface area contributed by atoms with Crippen molar-refractivity contribution in [2.75, 3.05) is 5.32 Å². The van der Waals surface area contributed by atoms with Crippen LogP contribution in [0.1, 0.15) is 16.1 Å². The lowest BCUT2D eigenvalue weighted by molar-refractivity contribution is 0.0698. The Morgan fingerprint density at radius 2 is 1.76 bits per heavy atom. The van der Waals surface area contributed by atoms with Gasteiger partial charge in [0.25, 0.3) is 0 Å². The zero-order chi connectivity index (χ0) is 22.9. The van der Waals surface area contributed by atoms with Crippen LogP contribution in [0.25, 0.3) is 27.7 Å². The first-order chi connectivity index (χ1) is 16.0. The van der Waals surface area contributed by atoms with E-state index < -0.39 is 11.8 Å². The van der Waals surface area contributed by atoms with Gasteiger partial charge in [0.15, 0.2) is 0 Å². The number of anilines is 2. The summed E-state index contributed by atoms with van der Waals surface area (Å²) in [5.74, 6) is -0.952. The van der Waals surface area contributed by atoms with Crippen LogP contribution in [0.3, 0.4) is 0 Å². The maximum absolute atomic E-state index is 14.9. The van der Waals surface area contributed by atoms with E-state index in [1.807, 2.05) is 43.3 Å². The maximum Gasteiger partial charge on any atom is 0.337 e. The summed E-state index contributed by atoms with van der Waals surface area (Å²) in [4.78, 5) is 15.9. The van der Waals surface area contributed by atoms with Crippen molar-refractivity contribution < 1.29 is 14.3 Å². The Labute approximate surface area is 189 Å². The Hall–Kier alpha value is -4.52. The predicted octanol–water partition coefficient (Wildman–Crippen LogP) is 5.98. The zero-order valence-corrected chi connectivity index (χ0v) is 17.7. The number of halogens is 1. The number of para-hydroxylation sites is 2. The van der Waals surface area contributed by atoms with E-state index in [0.717, 1.165) is 5.69 Å². The highest BCUT2D eigenvalue weighted by atomic mass is 19.1. The number of hydrogen-bond acceptors (Lipinski definition) is 4. The molecule has 2 aromatic heterocycles. The third-order valence-electron chi connectivity index (χ3n) is 5.42. The molecule has 162 valence electrons. The number of hydrogen-bond donors (Lipinski definition) is 2. The Morgan fingerprint density at radius 1 is 1.00 bits per heavy atom. The number of pyridine rings is 1. The molecule has 0 aliphatic heterocycles. The molecule has 0 saturated carbocycles. The molecular weight excluding hydrogens is 419 g/mol. The minimum Gasteiger partial charge on any atom is -0.478 e. The molecule has 2 heterocycles. The van der Waals surface area contributed by atoms with Crippen LogP contribution in [-0.2, 0) is 0 Å². The molecule has 0 radical (unpaired) electrons. The average molecular weight is 438 g/mol. The van der Waals surface area contributed by atoms with Gasteiger partial charge < -0.3 is 10.4 Å². The van der Waals surface area contributed by atoms with Crippen molar-refractivity contribution in [3.05, 3.63) is 102 Å². The van der Waals surface area contributed by atoms with Crippen molar-refractivity contribution in [2.45, 2.75) is 6.92 Å². The lowest BCUT2D eigenvalue weighted by Crippen LogP contribution is -2.07. The quantitative estimate of drug-likeness (QED) is 0.353. The summed E-state index contributed by atoms with van der Waals surface area (Å²) in [5.41, 5.74) is 3.55. The number of nitrogens with one attached hydrogen (secondary N) is 1. The van der Waals surface area contributed by atoms with Gasteiger partial charge in [0.1, 0.15) is 17.2 Å². The monoisotopic (exact) mass is 438 g/mol. The standard InChI is InChI=1S/C26H19FN4O2/c1-16-23(18-14-17-8-7-13-28-24(17)21(27)15-18)25(31(30-16)19-9-3-2-4-10-19)29-22-12-6-5-11-20(22)26(32)33/h2-15,29H,1H3,(H,32,33). The van der Waals surface area contributed by atoms with Crippen LogP contribution in [0.4, 0.5) is 15.9 Å². The minimum absolute atomic E-state index is 0.121. The molecule has 0 spiro atoms. The van der Waals surface area contributed by atoms with Crippen molar-refractivity contribution in [2.24, 2.45) is 0 Å². The van der Waals surface area contributed by atoms with Gasteiger partial charge in [-0.1, -0.05) is 36.4 Å². The summed E-state index contributed by atoms with van der Waals surface area (Å²) in [6.45, 7) is 1.84. The van der Waals surface area contributed by atoms with E-state index >= 15 is 0 Å². The zero-order valence-electron chi connectivity index (χ0n) is 17.7. The molecule has 33 heavy (non-hydrogen) atoms. The largest absolute Gasteiger partial charge is 0.478 e. The van der Waals surface area contributed by atoms with Crippen molar-refractivity contribution in [1.82, 2.24) is 14.8 Å². The highest BCUT2D eigenvalue weighted by molar-refractivity contribution is 5.96. The molecule has 3 aromatic carbocycles. The van der Waals surface area contributed by atoms with Gasteiger partial charge in [-0.25, -0.2) is 13.9 Å². The van der Waals surface area contributed by atoms with E-state index in [2.05, 4.69) is 10.3 Å². The summed E-state index contributed by atoms with van der Waals surface area (Å²) in [6.07, 6.45) is 1.56. The highest BCUT2D eigenvalue weighted by Crippen LogP contribution is 2.37. The SMILES string of the molecule is Cc1nn(-c2ccccc2)c(Nc2ccccc2C(=O)O)c1-c1cc(F)c2ncccc2c1. The van der Waals surface area contributed by atoms with Crippen LogP contribution < -0.4 is 5.32 Å². The summed E-state index contributed by atoms with van der Waals surface area (Å²) in [6, 6.07) is 23.0. The van der Waals surface area contributed by atoms with E-state index in [4.69, 9.17) is 5.10 Å². The van der Waals surface area contributed by atoms with E-state index in [9.17, 15) is 14.3 Å². The lowest BCUT2D eigenvalue weighted by Gasteiger charge is -2.15. The molecule has 0 atom stereocenters. The fourth-order valence-corrected chi connectivity index (χ4v) is 3.94. The van der Waals surface area contributed by atoms with Crippen LogP contribution >= 0.6 is 0 Å². The molecule has 0 aliphatic rings. The number of carbonyl (C=O) groups is 1. The van der Waals surface area contributed by atoms with E-state index in [0.29, 0.717) is 39.2 Å². The first-order valence-electron chi connectivity index (χ1n) is 10.3. The van der Waals surface area contributed by atoms with Crippen LogP contribution in [-0.4, -0.2) is 25.8 Å². The number of benzene rings is 3. The van der Waals surface area contributed by atoms with Crippen molar-refractivity contribution >= 4 is 28.4 Å². The fourth-order valence-electron chi connectivity index (χ4n) is 3.94. The third kappa shape index (κ3) is 3.70. The maximum atomic E-state index is 14.9. The number of aromatic carboxylic acids is 1. The topological polar surface area (TPSA) is 80.0 Å². The van der Waals surface area contributed by atoms with Gasteiger partial charge in [0, 0.05) is 17.1 Å². The first kappa shape index (κ1) is 20.4. The predicted molar refractivity (Wildman–Crippen MR) is 126 cm³/mol. The smallest absolute Gasteiger partial charge is 0.337 e. The third-order valence-corrected chi connectivity index (χ3v) is 5.42. The Kier molecular flexibility index (Phi) is 5.06. The molecule has 5 rings (SSSR count). The van der Waals surface area contributed by atoms with Crippen molar-refractivity contribution in [3.8, 4) is 16.8 Å². The summed E-state index contributed by atoms with van der Waals surface area (Å²) >= 11 is 0. The number of carboxylic acid groups (broad SMARTS) is 1. The molecule has 2 N–H and O–H groups in total. The second-order valence-corrected chi connectivity index (χ2v) is 7.57. The summed E-state index contributed by atoms with van der Waals surface area (Å²) < 4.78 is 16.6. The fraction of sp³-hybridized carbons (Fsp3) is 0.0385. The molecule has 0 amide bonds. The van der Waals surface area contributed by atoms with Crippen molar-refractivity contribution in [3.63, 3.8) is 0 Å². The number of aromatic nitrogens is 3. The van der Waals surface area contributed by atoms with E-state index in [-0.39, 0.29) is 5.56 Å². The molecule has 6 nitrogen and oxygen atoms in total. The Balaban J connectivity index is 1.76. The van der Waals surface area contributed by atoms with Gasteiger partial charge in [0.2, 0.25) is 0 Å². The molecular formula is C26H19FN4O2. The normalized spacial score (nSPS) is 11.0. The Bertz CT molecular complexity index is 1500. The average Bonchev–Trinajstić information content (AvgIpc) is 3.15. The second kappa shape index (κ2) is 8.20. The van der Waals surface area contributed by atoms with Gasteiger partial charge in [-0.2, -0.15) is 5.10 Å². The van der Waals surface area contributed by atoms with Crippen LogP contribution in [0.2, 0.25) is 0 Å². The molecule has 0 aliphatic carbocycles. The molecule has 5 aromatic rings. The molecule has 0 saturated heterocycles. The lowest BCUT2D eigenvalue weighted by atomic mass is 10.0. The van der Waals surface area contributed by atoms with Gasteiger partial charge in [0.05, 0.1) is 22.6 Å². The van der Waals surface area contributed by atoms with Crippen LogP contribution in [0.5, 0.6) is 0 Å². The van der Waals surface area contributed by atoms with Crippen LogP contribution in [0, 0.1) is 12.7 Å². The summed E-state index contributed by atoms with van der Waals surface area (Å²) in [7, 11) is 0. The number of nitrogens with zero attached hydrogens (tertiary/aromatic N) is 3. The second-order valence-electron chi connectivity index (χ2n) is 7.57. The number of fused-ring (bicyclic) bond motifs is 1. The van der Waals surface area contributed by atoms with Gasteiger partial charge in [-0.15, -0.1) is 0 Å². The molecule has 7 heteroatoms. The number of aryl methyl sites for hydroxylation is 1.